The maximum atomic E-state index is 13.3. The largest absolute Gasteiger partial charge is 0.379 e. The second-order valence-corrected chi connectivity index (χ2v) is 13.5. The highest BCUT2D eigenvalue weighted by molar-refractivity contribution is 8.01. The van der Waals surface area contributed by atoms with Crippen LogP contribution in [0.25, 0.3) is 0 Å². The first-order valence-corrected chi connectivity index (χ1v) is 15.6. The number of ether oxygens (including phenoxy) is 1. The van der Waals surface area contributed by atoms with E-state index in [2.05, 4.69) is 15.2 Å². The van der Waals surface area contributed by atoms with Gasteiger partial charge in [-0.15, -0.1) is 11.8 Å². The Morgan fingerprint density at radius 2 is 1.94 bits per heavy atom. The van der Waals surface area contributed by atoms with Gasteiger partial charge in [-0.1, -0.05) is 49.2 Å². The van der Waals surface area contributed by atoms with Crippen LogP contribution in [0, 0.1) is 5.92 Å². The summed E-state index contributed by atoms with van der Waals surface area (Å²) in [6, 6.07) is 6.77. The van der Waals surface area contributed by atoms with Crippen LogP contribution in [0.15, 0.2) is 39.6 Å². The molecule has 2 fully saturated rings. The van der Waals surface area contributed by atoms with Crippen LogP contribution in [0.2, 0.25) is 0 Å². The minimum Gasteiger partial charge on any atom is -0.379 e. The van der Waals surface area contributed by atoms with Crippen molar-refractivity contribution in [3.05, 3.63) is 36.0 Å². The monoisotopic (exact) mass is 523 g/mol. The predicted molar refractivity (Wildman–Crippen MR) is 138 cm³/mol. The van der Waals surface area contributed by atoms with Gasteiger partial charge < -0.3 is 10.1 Å². The van der Waals surface area contributed by atoms with Crippen molar-refractivity contribution in [3.8, 4) is 0 Å². The maximum absolute atomic E-state index is 13.3. The quantitative estimate of drug-likeness (QED) is 0.465. The van der Waals surface area contributed by atoms with E-state index < -0.39 is 9.84 Å². The van der Waals surface area contributed by atoms with E-state index in [1.54, 1.807) is 36.0 Å². The number of nitrogens with zero attached hydrogens (tertiary/aromatic N) is 2. The molecular formula is C24H33N3O4S3. The van der Waals surface area contributed by atoms with E-state index in [1.165, 1.54) is 30.4 Å². The van der Waals surface area contributed by atoms with Gasteiger partial charge in [0.05, 0.1) is 34.4 Å². The summed E-state index contributed by atoms with van der Waals surface area (Å²) in [5, 5.41) is 3.64. The number of carbonyl (C=O) groups is 1. The number of morpholine rings is 1. The molecule has 34 heavy (non-hydrogen) atoms. The molecular weight excluding hydrogens is 490 g/mol. The van der Waals surface area contributed by atoms with Crippen LogP contribution in [0.4, 0.5) is 5.13 Å². The molecule has 4 rings (SSSR count). The lowest BCUT2D eigenvalue weighted by Gasteiger charge is -2.26. The number of thiazole rings is 1. The van der Waals surface area contributed by atoms with Crippen molar-refractivity contribution in [1.82, 2.24) is 9.88 Å². The molecule has 1 N–H and O–H groups in total. The van der Waals surface area contributed by atoms with E-state index in [4.69, 9.17) is 4.74 Å². The number of amides is 1. The summed E-state index contributed by atoms with van der Waals surface area (Å²) in [4.78, 5) is 20.4. The maximum Gasteiger partial charge on any atom is 0.233 e. The van der Waals surface area contributed by atoms with Crippen molar-refractivity contribution in [2.45, 2.75) is 47.1 Å². The molecule has 10 heteroatoms. The number of thioether (sulfide) groups is 1. The van der Waals surface area contributed by atoms with Crippen molar-refractivity contribution in [1.29, 1.82) is 0 Å². The average Bonchev–Trinajstić information content (AvgIpc) is 3.50. The number of benzene rings is 1. The summed E-state index contributed by atoms with van der Waals surface area (Å²) in [5.41, 5.74) is 0.855. The smallest absolute Gasteiger partial charge is 0.233 e. The number of carbonyl (C=O) groups excluding carboxylic acids is 1. The van der Waals surface area contributed by atoms with Gasteiger partial charge in [0.1, 0.15) is 0 Å². The number of hydrogen-bond donors (Lipinski definition) is 1. The Labute approximate surface area is 210 Å². The van der Waals surface area contributed by atoms with Crippen molar-refractivity contribution < 1.29 is 17.9 Å². The van der Waals surface area contributed by atoms with Crippen LogP contribution in [0.5, 0.6) is 0 Å². The Balaban J connectivity index is 1.38. The van der Waals surface area contributed by atoms with Crippen LogP contribution in [0.3, 0.4) is 0 Å². The van der Waals surface area contributed by atoms with Crippen LogP contribution >= 0.6 is 23.1 Å². The number of sulfone groups is 1. The topological polar surface area (TPSA) is 88.6 Å². The molecule has 1 aromatic heterocycles. The zero-order valence-corrected chi connectivity index (χ0v) is 22.0. The normalized spacial score (nSPS) is 18.7. The van der Waals surface area contributed by atoms with Gasteiger partial charge in [0.15, 0.2) is 15.0 Å². The lowest BCUT2D eigenvalue weighted by Crippen LogP contribution is -2.37. The van der Waals surface area contributed by atoms with Gasteiger partial charge >= 0.3 is 0 Å². The van der Waals surface area contributed by atoms with Gasteiger partial charge in [0.25, 0.3) is 0 Å². The highest BCUT2D eigenvalue weighted by Gasteiger charge is 2.27. The molecule has 186 valence electrons. The fourth-order valence-electron chi connectivity index (χ4n) is 4.60. The van der Waals surface area contributed by atoms with Gasteiger partial charge in [-0.05, 0) is 30.0 Å². The van der Waals surface area contributed by atoms with Crippen molar-refractivity contribution in [3.63, 3.8) is 0 Å². The van der Waals surface area contributed by atoms with Crippen molar-refractivity contribution in [2.75, 3.05) is 50.2 Å². The van der Waals surface area contributed by atoms with Crippen LogP contribution < -0.4 is 5.32 Å². The summed E-state index contributed by atoms with van der Waals surface area (Å²) >= 11 is 3.27. The standard InChI is InChI=1S/C24H33N3O4S3/c1-34(29,30)20-8-6-19(7-9-20)21(16-18-4-2-3-5-18)23(28)26-24-25-17-22(33-24)32-15-12-27-10-13-31-14-11-27/h6-9,17-18,21H,2-5,10-16H2,1H3,(H,25,26,28)/t21-/m0/s1. The first-order valence-electron chi connectivity index (χ1n) is 11.9. The molecule has 0 radical (unpaired) electrons. The fraction of sp³-hybridized carbons (Fsp3) is 0.583. The summed E-state index contributed by atoms with van der Waals surface area (Å²) in [5.74, 6) is 1.11. The molecule has 1 aliphatic heterocycles. The fourth-order valence-corrected chi connectivity index (χ4v) is 7.18. The number of anilines is 1. The summed E-state index contributed by atoms with van der Waals surface area (Å²) < 4.78 is 30.2. The van der Waals surface area contributed by atoms with Crippen LogP contribution in [0.1, 0.15) is 43.6 Å². The van der Waals surface area contributed by atoms with E-state index in [0.29, 0.717) is 11.0 Å². The van der Waals surface area contributed by atoms with Gasteiger partial charge in [0, 0.05) is 31.6 Å². The van der Waals surface area contributed by atoms with E-state index in [1.807, 2.05) is 6.20 Å². The molecule has 1 aromatic carbocycles. The highest BCUT2D eigenvalue weighted by atomic mass is 32.2. The molecule has 2 aliphatic rings. The van der Waals surface area contributed by atoms with Crippen molar-refractivity contribution in [2.24, 2.45) is 5.92 Å². The summed E-state index contributed by atoms with van der Waals surface area (Å²) in [6.07, 6.45) is 8.52. The molecule has 2 aromatic rings. The van der Waals surface area contributed by atoms with E-state index in [-0.39, 0.29) is 16.7 Å². The Hall–Kier alpha value is -1.46. The minimum absolute atomic E-state index is 0.0711. The van der Waals surface area contributed by atoms with Crippen molar-refractivity contribution >= 4 is 44.0 Å². The second-order valence-electron chi connectivity index (χ2n) is 9.06. The Morgan fingerprint density at radius 3 is 2.62 bits per heavy atom. The van der Waals surface area contributed by atoms with E-state index in [0.717, 1.165) is 67.6 Å². The van der Waals surface area contributed by atoms with E-state index in [9.17, 15) is 13.2 Å². The molecule has 7 nitrogen and oxygen atoms in total. The first kappa shape index (κ1) is 25.6. The third-order valence-corrected chi connectivity index (χ3v) is 9.76. The molecule has 1 amide bonds. The SMILES string of the molecule is CS(=O)(=O)c1ccc([C@H](CC2CCCC2)C(=O)Nc2ncc(SCCN3CCOCC3)s2)cc1. The third-order valence-electron chi connectivity index (χ3n) is 6.54. The number of aromatic nitrogens is 1. The number of hydrogen-bond acceptors (Lipinski definition) is 8. The zero-order valence-electron chi connectivity index (χ0n) is 19.6. The van der Waals surface area contributed by atoms with Gasteiger partial charge in [-0.2, -0.15) is 0 Å². The molecule has 1 aliphatic carbocycles. The summed E-state index contributed by atoms with van der Waals surface area (Å²) in [7, 11) is -3.27. The molecule has 1 saturated heterocycles. The second kappa shape index (κ2) is 12.0. The Kier molecular flexibility index (Phi) is 9.03. The molecule has 1 atom stereocenters. The van der Waals surface area contributed by atoms with Crippen LogP contribution in [-0.4, -0.2) is 69.1 Å². The molecule has 2 heterocycles. The minimum atomic E-state index is -3.27. The lowest BCUT2D eigenvalue weighted by molar-refractivity contribution is -0.118. The number of nitrogens with one attached hydrogen (secondary N) is 1. The first-order chi connectivity index (χ1) is 16.4. The molecule has 0 unspecified atom stereocenters. The van der Waals surface area contributed by atoms with Gasteiger partial charge in [-0.25, -0.2) is 13.4 Å². The van der Waals surface area contributed by atoms with Gasteiger partial charge in [0.2, 0.25) is 5.91 Å². The third kappa shape index (κ3) is 7.27. The van der Waals surface area contributed by atoms with E-state index >= 15 is 0 Å². The van der Waals surface area contributed by atoms with Gasteiger partial charge in [-0.3, -0.25) is 9.69 Å². The lowest BCUT2D eigenvalue weighted by atomic mass is 9.87. The molecule has 0 bridgehead atoms. The highest BCUT2D eigenvalue weighted by Crippen LogP contribution is 2.36. The Bertz CT molecular complexity index is 1040. The van der Waals surface area contributed by atoms with Crippen LogP contribution in [-0.2, 0) is 19.4 Å². The number of rotatable bonds is 10. The predicted octanol–water partition coefficient (Wildman–Crippen LogP) is 4.27. The molecule has 0 spiro atoms. The molecule has 1 saturated carbocycles. The zero-order chi connectivity index (χ0) is 24.0. The Morgan fingerprint density at radius 1 is 1.24 bits per heavy atom. The summed E-state index contributed by atoms with van der Waals surface area (Å²) in [6.45, 7) is 4.59. The average molecular weight is 524 g/mol.